The molecule has 5 heteroatoms. The molecule has 0 aromatic carbocycles. The summed E-state index contributed by atoms with van der Waals surface area (Å²) >= 11 is 0. The maximum atomic E-state index is 12.6. The second-order valence-electron chi connectivity index (χ2n) is 6.47. The number of nitrogens with zero attached hydrogens (tertiary/aromatic N) is 2. The van der Waals surface area contributed by atoms with Crippen molar-refractivity contribution in [3.05, 3.63) is 0 Å². The smallest absolute Gasteiger partial charge is 0.310 e. The van der Waals surface area contributed by atoms with Crippen molar-refractivity contribution in [1.29, 1.82) is 0 Å². The number of hydrogen-bond acceptors (Lipinski definition) is 4. The third kappa shape index (κ3) is 4.45. The van der Waals surface area contributed by atoms with E-state index in [0.717, 1.165) is 45.2 Å². The van der Waals surface area contributed by atoms with Crippen LogP contribution >= 0.6 is 0 Å². The Kier molecular flexibility index (Phi) is 6.68. The highest BCUT2D eigenvalue weighted by molar-refractivity contribution is 5.79. The molecule has 0 saturated carbocycles. The number of carbonyl (C=O) groups is 2. The predicted octanol–water partition coefficient (Wildman–Crippen LogP) is 2.05. The molecular weight excluding hydrogens is 280 g/mol. The fraction of sp³-hybridized carbons (Fsp3) is 0.882. The summed E-state index contributed by atoms with van der Waals surface area (Å²) in [5, 5.41) is 0. The van der Waals surface area contributed by atoms with Gasteiger partial charge in [-0.15, -0.1) is 0 Å². The highest BCUT2D eigenvalue weighted by Crippen LogP contribution is 2.21. The van der Waals surface area contributed by atoms with Crippen molar-refractivity contribution in [1.82, 2.24) is 9.80 Å². The normalized spacial score (nSPS) is 26.7. The molecule has 1 amide bonds. The molecule has 2 aliphatic rings. The van der Waals surface area contributed by atoms with Gasteiger partial charge in [-0.3, -0.25) is 14.5 Å². The number of ether oxygens (including phenoxy) is 1. The number of piperidine rings is 2. The van der Waals surface area contributed by atoms with Gasteiger partial charge in [-0.2, -0.15) is 0 Å². The van der Waals surface area contributed by atoms with Gasteiger partial charge in [0.1, 0.15) is 0 Å². The summed E-state index contributed by atoms with van der Waals surface area (Å²) in [6, 6.07) is 0.409. The van der Waals surface area contributed by atoms with E-state index in [2.05, 4.69) is 16.7 Å². The number of likely N-dealkylation sites (tertiary alicyclic amines) is 2. The van der Waals surface area contributed by atoms with E-state index in [9.17, 15) is 9.59 Å². The van der Waals surface area contributed by atoms with Crippen molar-refractivity contribution < 1.29 is 14.3 Å². The number of rotatable bonds is 5. The third-order valence-electron chi connectivity index (χ3n) is 4.90. The largest absolute Gasteiger partial charge is 0.466 e. The van der Waals surface area contributed by atoms with Gasteiger partial charge in [0.2, 0.25) is 5.91 Å². The van der Waals surface area contributed by atoms with Crippen LogP contribution in [0.2, 0.25) is 0 Å². The van der Waals surface area contributed by atoms with Crippen molar-refractivity contribution in [2.45, 2.75) is 58.4 Å². The molecule has 5 nitrogen and oxygen atoms in total. The molecule has 0 aromatic heterocycles. The summed E-state index contributed by atoms with van der Waals surface area (Å²) in [7, 11) is 0. The predicted molar refractivity (Wildman–Crippen MR) is 85.4 cm³/mol. The second-order valence-corrected chi connectivity index (χ2v) is 6.47. The molecule has 0 N–H and O–H groups in total. The molecule has 2 rings (SSSR count). The van der Waals surface area contributed by atoms with E-state index in [1.165, 1.54) is 6.42 Å². The van der Waals surface area contributed by atoms with E-state index in [0.29, 0.717) is 25.7 Å². The lowest BCUT2D eigenvalue weighted by Crippen LogP contribution is -2.50. The molecule has 0 aliphatic carbocycles. The summed E-state index contributed by atoms with van der Waals surface area (Å²) in [5.41, 5.74) is 0. The van der Waals surface area contributed by atoms with Crippen LogP contribution in [-0.4, -0.2) is 60.5 Å². The first-order valence-corrected chi connectivity index (χ1v) is 8.84. The maximum absolute atomic E-state index is 12.6. The van der Waals surface area contributed by atoms with Crippen LogP contribution < -0.4 is 0 Å². The van der Waals surface area contributed by atoms with Gasteiger partial charge >= 0.3 is 5.97 Å². The van der Waals surface area contributed by atoms with Gasteiger partial charge in [0.25, 0.3) is 0 Å². The first kappa shape index (κ1) is 17.3. The molecule has 0 spiro atoms. The zero-order valence-electron chi connectivity index (χ0n) is 14.1. The van der Waals surface area contributed by atoms with Crippen molar-refractivity contribution in [3.63, 3.8) is 0 Å². The minimum Gasteiger partial charge on any atom is -0.466 e. The zero-order valence-corrected chi connectivity index (χ0v) is 14.1. The van der Waals surface area contributed by atoms with Crippen molar-refractivity contribution >= 4 is 11.9 Å². The first-order valence-electron chi connectivity index (χ1n) is 8.84. The molecule has 22 heavy (non-hydrogen) atoms. The Morgan fingerprint density at radius 1 is 1.09 bits per heavy atom. The SMILES string of the molecule is CCOC(=O)C1CCCN(CC(=O)N2CCCCC2CC)C1. The minimum atomic E-state index is -0.107. The summed E-state index contributed by atoms with van der Waals surface area (Å²) in [4.78, 5) is 28.7. The lowest BCUT2D eigenvalue weighted by Gasteiger charge is -2.38. The lowest BCUT2D eigenvalue weighted by molar-refractivity contribution is -0.151. The van der Waals surface area contributed by atoms with Gasteiger partial charge in [-0.25, -0.2) is 0 Å². The molecule has 2 aliphatic heterocycles. The van der Waals surface area contributed by atoms with Gasteiger partial charge in [-0.05, 0) is 52.0 Å². The number of esters is 1. The van der Waals surface area contributed by atoms with Gasteiger partial charge in [-0.1, -0.05) is 6.92 Å². The number of amides is 1. The molecular formula is C17H30N2O3. The van der Waals surface area contributed by atoms with Gasteiger partial charge in [0, 0.05) is 19.1 Å². The fourth-order valence-electron chi connectivity index (χ4n) is 3.69. The van der Waals surface area contributed by atoms with Crippen LogP contribution in [0.3, 0.4) is 0 Å². The van der Waals surface area contributed by atoms with Crippen LogP contribution in [0.25, 0.3) is 0 Å². The van der Waals surface area contributed by atoms with Crippen LogP contribution in [0.4, 0.5) is 0 Å². The van der Waals surface area contributed by atoms with Gasteiger partial charge in [0.15, 0.2) is 0 Å². The zero-order chi connectivity index (χ0) is 15.9. The Balaban J connectivity index is 1.86. The van der Waals surface area contributed by atoms with Gasteiger partial charge in [0.05, 0.1) is 19.1 Å². The lowest BCUT2D eigenvalue weighted by atomic mass is 9.97. The van der Waals surface area contributed by atoms with E-state index >= 15 is 0 Å². The quantitative estimate of drug-likeness (QED) is 0.729. The summed E-state index contributed by atoms with van der Waals surface area (Å²) < 4.78 is 5.12. The van der Waals surface area contributed by atoms with Crippen LogP contribution in [0.15, 0.2) is 0 Å². The Morgan fingerprint density at radius 2 is 1.91 bits per heavy atom. The molecule has 2 atom stereocenters. The molecule has 2 fully saturated rings. The second kappa shape index (κ2) is 8.51. The van der Waals surface area contributed by atoms with E-state index in [4.69, 9.17) is 4.74 Å². The highest BCUT2D eigenvalue weighted by Gasteiger charge is 2.30. The standard InChI is InChI=1S/C17H30N2O3/c1-3-15-9-5-6-11-19(15)16(20)13-18-10-7-8-14(12-18)17(21)22-4-2/h14-15H,3-13H2,1-2H3. The third-order valence-corrected chi connectivity index (χ3v) is 4.90. The van der Waals surface area contributed by atoms with Crippen molar-refractivity contribution in [3.8, 4) is 0 Å². The summed E-state index contributed by atoms with van der Waals surface area (Å²) in [5.74, 6) is 0.0601. The summed E-state index contributed by atoms with van der Waals surface area (Å²) in [6.45, 7) is 7.35. The topological polar surface area (TPSA) is 49.9 Å². The minimum absolute atomic E-state index is 0.0650. The molecule has 2 saturated heterocycles. The Labute approximate surface area is 134 Å². The Hall–Kier alpha value is -1.10. The number of carbonyl (C=O) groups excluding carboxylic acids is 2. The van der Waals surface area contributed by atoms with Crippen molar-refractivity contribution in [2.75, 3.05) is 32.8 Å². The van der Waals surface area contributed by atoms with Crippen LogP contribution in [0.5, 0.6) is 0 Å². The van der Waals surface area contributed by atoms with E-state index in [-0.39, 0.29) is 17.8 Å². The van der Waals surface area contributed by atoms with Crippen LogP contribution in [-0.2, 0) is 14.3 Å². The highest BCUT2D eigenvalue weighted by atomic mass is 16.5. The van der Waals surface area contributed by atoms with E-state index < -0.39 is 0 Å². The first-order chi connectivity index (χ1) is 10.7. The van der Waals surface area contributed by atoms with Crippen LogP contribution in [0, 0.1) is 5.92 Å². The molecule has 2 unspecified atom stereocenters. The maximum Gasteiger partial charge on any atom is 0.310 e. The average molecular weight is 310 g/mol. The Bertz CT molecular complexity index is 386. The molecule has 126 valence electrons. The summed E-state index contributed by atoms with van der Waals surface area (Å²) in [6.07, 6.45) is 6.37. The molecule has 0 bridgehead atoms. The fourth-order valence-corrected chi connectivity index (χ4v) is 3.69. The van der Waals surface area contributed by atoms with Crippen molar-refractivity contribution in [2.24, 2.45) is 5.92 Å². The van der Waals surface area contributed by atoms with E-state index in [1.54, 1.807) is 0 Å². The molecule has 0 radical (unpaired) electrons. The Morgan fingerprint density at radius 3 is 2.64 bits per heavy atom. The van der Waals surface area contributed by atoms with E-state index in [1.807, 2.05) is 6.92 Å². The van der Waals surface area contributed by atoms with Gasteiger partial charge < -0.3 is 9.64 Å². The molecule has 0 aromatic rings. The molecule has 2 heterocycles. The number of hydrogen-bond donors (Lipinski definition) is 0. The average Bonchev–Trinajstić information content (AvgIpc) is 2.55. The van der Waals surface area contributed by atoms with Crippen LogP contribution in [0.1, 0.15) is 52.4 Å². The monoisotopic (exact) mass is 310 g/mol.